The number of likely N-dealkylation sites (tertiary alicyclic amines) is 2. The van der Waals surface area contributed by atoms with E-state index in [1.165, 1.54) is 6.42 Å². The molecule has 0 unspecified atom stereocenters. The summed E-state index contributed by atoms with van der Waals surface area (Å²) in [5.74, 6) is 2.47. The predicted octanol–water partition coefficient (Wildman–Crippen LogP) is 1.55. The Morgan fingerprint density at radius 3 is 2.83 bits per heavy atom. The molecule has 0 aliphatic carbocycles. The van der Waals surface area contributed by atoms with Crippen LogP contribution in [0.25, 0.3) is 0 Å². The normalized spacial score (nSPS) is 26.9. The van der Waals surface area contributed by atoms with Gasteiger partial charge in [-0.3, -0.25) is 4.79 Å². The molecule has 2 fully saturated rings. The van der Waals surface area contributed by atoms with Crippen molar-refractivity contribution in [2.45, 2.75) is 25.3 Å². The molecule has 1 aromatic rings. The molecule has 0 saturated carbocycles. The summed E-state index contributed by atoms with van der Waals surface area (Å²) in [4.78, 5) is 17.2. The highest BCUT2D eigenvalue weighted by Crippen LogP contribution is 2.33. The summed E-state index contributed by atoms with van der Waals surface area (Å²) >= 11 is 0. The van der Waals surface area contributed by atoms with Crippen molar-refractivity contribution >= 4 is 5.91 Å². The molecule has 23 heavy (non-hydrogen) atoms. The molecule has 5 nitrogen and oxygen atoms in total. The average molecular weight is 316 g/mol. The molecule has 0 aromatic heterocycles. The highest BCUT2D eigenvalue weighted by molar-refractivity contribution is 5.79. The zero-order valence-corrected chi connectivity index (χ0v) is 13.7. The van der Waals surface area contributed by atoms with Crippen molar-refractivity contribution in [3.63, 3.8) is 0 Å². The second-order valence-electron chi connectivity index (χ2n) is 6.91. The Kier molecular flexibility index (Phi) is 3.89. The summed E-state index contributed by atoms with van der Waals surface area (Å²) in [6, 6.07) is 6.25. The van der Waals surface area contributed by atoms with Gasteiger partial charge in [0.15, 0.2) is 11.5 Å². The van der Waals surface area contributed by atoms with Gasteiger partial charge in [-0.05, 0) is 50.0 Å². The Hall–Kier alpha value is -1.75. The van der Waals surface area contributed by atoms with Gasteiger partial charge in [0.25, 0.3) is 0 Å². The lowest BCUT2D eigenvalue weighted by molar-refractivity contribution is -0.132. The van der Waals surface area contributed by atoms with Crippen LogP contribution in [-0.2, 0) is 11.2 Å². The minimum absolute atomic E-state index is 0.240. The van der Waals surface area contributed by atoms with Gasteiger partial charge in [0.05, 0.1) is 6.42 Å². The molecule has 3 aliphatic heterocycles. The first-order chi connectivity index (χ1) is 11.2. The lowest BCUT2D eigenvalue weighted by atomic mass is 9.92. The smallest absolute Gasteiger partial charge is 0.227 e. The average Bonchev–Trinajstić information content (AvgIpc) is 2.98. The van der Waals surface area contributed by atoms with Gasteiger partial charge in [-0.25, -0.2) is 0 Å². The van der Waals surface area contributed by atoms with Crippen LogP contribution in [0, 0.1) is 5.92 Å². The number of hydrogen-bond donors (Lipinski definition) is 0. The number of amides is 1. The fourth-order valence-electron chi connectivity index (χ4n) is 4.08. The van der Waals surface area contributed by atoms with E-state index in [2.05, 4.69) is 16.8 Å². The Morgan fingerprint density at radius 1 is 1.17 bits per heavy atom. The SMILES string of the molecule is CN1CC[C@H]2CCN(C(=O)Cc3ccc4c(c3)OCCO4)[C@@H]2C1. The largest absolute Gasteiger partial charge is 0.486 e. The molecule has 0 N–H and O–H groups in total. The molecule has 0 radical (unpaired) electrons. The molecule has 2 atom stereocenters. The predicted molar refractivity (Wildman–Crippen MR) is 86.9 cm³/mol. The lowest BCUT2D eigenvalue weighted by Crippen LogP contribution is -2.48. The van der Waals surface area contributed by atoms with E-state index in [9.17, 15) is 4.79 Å². The molecular formula is C18H24N2O3. The topological polar surface area (TPSA) is 42.0 Å². The van der Waals surface area contributed by atoms with Gasteiger partial charge >= 0.3 is 0 Å². The summed E-state index contributed by atoms with van der Waals surface area (Å²) in [6.07, 6.45) is 2.82. The molecular weight excluding hydrogens is 292 g/mol. The van der Waals surface area contributed by atoms with Crippen molar-refractivity contribution in [3.8, 4) is 11.5 Å². The van der Waals surface area contributed by atoms with E-state index in [1.54, 1.807) is 0 Å². The molecule has 1 amide bonds. The Morgan fingerprint density at radius 2 is 1.96 bits per heavy atom. The maximum Gasteiger partial charge on any atom is 0.227 e. The van der Waals surface area contributed by atoms with Gasteiger partial charge in [0, 0.05) is 19.1 Å². The van der Waals surface area contributed by atoms with Crippen molar-refractivity contribution in [3.05, 3.63) is 23.8 Å². The van der Waals surface area contributed by atoms with Crippen LogP contribution < -0.4 is 9.47 Å². The van der Waals surface area contributed by atoms with E-state index < -0.39 is 0 Å². The molecule has 0 spiro atoms. The van der Waals surface area contributed by atoms with Crippen LogP contribution in [0.2, 0.25) is 0 Å². The van der Waals surface area contributed by atoms with Gasteiger partial charge in [-0.2, -0.15) is 0 Å². The van der Waals surface area contributed by atoms with Crippen molar-refractivity contribution in [1.29, 1.82) is 0 Å². The molecule has 4 rings (SSSR count). The molecule has 2 saturated heterocycles. The highest BCUT2D eigenvalue weighted by Gasteiger charge is 2.39. The highest BCUT2D eigenvalue weighted by atomic mass is 16.6. The van der Waals surface area contributed by atoms with Crippen LogP contribution in [0.15, 0.2) is 18.2 Å². The number of carbonyl (C=O) groups excluding carboxylic acids is 1. The van der Waals surface area contributed by atoms with Crippen molar-refractivity contribution in [1.82, 2.24) is 9.80 Å². The number of likely N-dealkylation sites (N-methyl/N-ethyl adjacent to an activating group) is 1. The standard InChI is InChI=1S/C18H24N2O3/c1-19-6-4-14-5-7-20(15(14)12-19)18(21)11-13-2-3-16-17(10-13)23-9-8-22-16/h2-3,10,14-15H,4-9,11-12H2,1H3/t14-,15+/m0/s1. The van der Waals surface area contributed by atoms with Crippen molar-refractivity contribution in [2.75, 3.05) is 39.9 Å². The number of carbonyl (C=O) groups is 1. The van der Waals surface area contributed by atoms with E-state index in [0.29, 0.717) is 31.6 Å². The first kappa shape index (κ1) is 14.8. The van der Waals surface area contributed by atoms with Crippen LogP contribution in [-0.4, -0.2) is 61.6 Å². The summed E-state index contributed by atoms with van der Waals surface area (Å²) in [6.45, 7) is 4.25. The van der Waals surface area contributed by atoms with Gasteiger partial charge in [0.2, 0.25) is 5.91 Å². The number of rotatable bonds is 2. The van der Waals surface area contributed by atoms with E-state index >= 15 is 0 Å². The number of hydrogen-bond acceptors (Lipinski definition) is 4. The van der Waals surface area contributed by atoms with E-state index in [-0.39, 0.29) is 5.91 Å². The number of fused-ring (bicyclic) bond motifs is 2. The number of piperidine rings is 1. The maximum atomic E-state index is 12.8. The second-order valence-corrected chi connectivity index (χ2v) is 6.91. The number of ether oxygens (including phenoxy) is 2. The minimum Gasteiger partial charge on any atom is -0.486 e. The zero-order valence-electron chi connectivity index (χ0n) is 13.7. The van der Waals surface area contributed by atoms with Gasteiger partial charge in [0.1, 0.15) is 13.2 Å². The fourth-order valence-corrected chi connectivity index (χ4v) is 4.08. The van der Waals surface area contributed by atoms with Gasteiger partial charge in [-0.15, -0.1) is 0 Å². The van der Waals surface area contributed by atoms with Crippen LogP contribution in [0.3, 0.4) is 0 Å². The van der Waals surface area contributed by atoms with E-state index in [4.69, 9.17) is 9.47 Å². The number of nitrogens with zero attached hydrogens (tertiary/aromatic N) is 2. The summed E-state index contributed by atoms with van der Waals surface area (Å²) in [5, 5.41) is 0. The third-order valence-corrected chi connectivity index (χ3v) is 5.35. The van der Waals surface area contributed by atoms with Crippen molar-refractivity contribution in [2.24, 2.45) is 5.92 Å². The van der Waals surface area contributed by atoms with Crippen LogP contribution in [0.1, 0.15) is 18.4 Å². The second kappa shape index (κ2) is 6.04. The first-order valence-corrected chi connectivity index (χ1v) is 8.57. The van der Waals surface area contributed by atoms with Crippen LogP contribution in [0.4, 0.5) is 0 Å². The minimum atomic E-state index is 0.240. The maximum absolute atomic E-state index is 12.8. The van der Waals surface area contributed by atoms with Gasteiger partial charge in [-0.1, -0.05) is 6.07 Å². The Labute approximate surface area is 137 Å². The molecule has 124 valence electrons. The van der Waals surface area contributed by atoms with E-state index in [1.807, 2.05) is 18.2 Å². The Bertz CT molecular complexity index is 604. The molecule has 5 heteroatoms. The fraction of sp³-hybridized carbons (Fsp3) is 0.611. The molecule has 3 aliphatic rings. The summed E-state index contributed by atoms with van der Waals surface area (Å²) in [7, 11) is 2.15. The quantitative estimate of drug-likeness (QED) is 0.830. The van der Waals surface area contributed by atoms with Crippen LogP contribution >= 0.6 is 0 Å². The summed E-state index contributed by atoms with van der Waals surface area (Å²) < 4.78 is 11.2. The lowest BCUT2D eigenvalue weighted by Gasteiger charge is -2.36. The Balaban J connectivity index is 1.45. The third-order valence-electron chi connectivity index (χ3n) is 5.35. The first-order valence-electron chi connectivity index (χ1n) is 8.57. The van der Waals surface area contributed by atoms with Crippen LogP contribution in [0.5, 0.6) is 11.5 Å². The zero-order chi connectivity index (χ0) is 15.8. The third kappa shape index (κ3) is 2.90. The summed E-state index contributed by atoms with van der Waals surface area (Å²) in [5.41, 5.74) is 1.01. The molecule has 1 aromatic carbocycles. The van der Waals surface area contributed by atoms with E-state index in [0.717, 1.165) is 43.1 Å². The molecule has 3 heterocycles. The number of benzene rings is 1. The molecule has 0 bridgehead atoms. The van der Waals surface area contributed by atoms with Crippen molar-refractivity contribution < 1.29 is 14.3 Å². The van der Waals surface area contributed by atoms with Gasteiger partial charge < -0.3 is 19.3 Å². The monoisotopic (exact) mass is 316 g/mol.